The maximum atomic E-state index is 12.5. The molecule has 1 heterocycles. The second-order valence-electron chi connectivity index (χ2n) is 6.52. The van der Waals surface area contributed by atoms with Crippen LogP contribution in [0.1, 0.15) is 48.4 Å². The van der Waals surface area contributed by atoms with E-state index in [0.717, 1.165) is 0 Å². The first kappa shape index (κ1) is 18.4. The van der Waals surface area contributed by atoms with Gasteiger partial charge in [0, 0.05) is 17.3 Å². The summed E-state index contributed by atoms with van der Waals surface area (Å²) in [4.78, 5) is 28.8. The number of esters is 1. The SMILES string of the molecule is CCOC(=O)c1ccccc1NC(=O)c1ccnc(NC(C)(C)C)c1. The highest BCUT2D eigenvalue weighted by Gasteiger charge is 2.16. The number of carbonyl (C=O) groups is 2. The van der Waals surface area contributed by atoms with E-state index in [9.17, 15) is 9.59 Å². The van der Waals surface area contributed by atoms with Crippen LogP contribution in [0.5, 0.6) is 0 Å². The number of ether oxygens (including phenoxy) is 1. The van der Waals surface area contributed by atoms with Crippen LogP contribution in [0, 0.1) is 0 Å². The minimum atomic E-state index is -0.469. The highest BCUT2D eigenvalue weighted by atomic mass is 16.5. The lowest BCUT2D eigenvalue weighted by atomic mass is 10.1. The molecule has 2 rings (SSSR count). The van der Waals surface area contributed by atoms with Crippen molar-refractivity contribution < 1.29 is 14.3 Å². The molecule has 0 fully saturated rings. The lowest BCUT2D eigenvalue weighted by molar-refractivity contribution is 0.0527. The van der Waals surface area contributed by atoms with Gasteiger partial charge in [-0.15, -0.1) is 0 Å². The molecule has 1 aromatic carbocycles. The minimum absolute atomic E-state index is 0.168. The number of nitrogens with one attached hydrogen (secondary N) is 2. The van der Waals surface area contributed by atoms with Crippen LogP contribution in [0.25, 0.3) is 0 Å². The highest BCUT2D eigenvalue weighted by Crippen LogP contribution is 2.19. The van der Waals surface area contributed by atoms with Crippen LogP contribution >= 0.6 is 0 Å². The number of rotatable bonds is 5. The molecule has 25 heavy (non-hydrogen) atoms. The van der Waals surface area contributed by atoms with Crippen molar-refractivity contribution in [2.45, 2.75) is 33.2 Å². The Labute approximate surface area is 147 Å². The average Bonchev–Trinajstić information content (AvgIpc) is 2.54. The molecule has 0 aliphatic heterocycles. The van der Waals surface area contributed by atoms with Gasteiger partial charge in [-0.1, -0.05) is 12.1 Å². The van der Waals surface area contributed by atoms with Gasteiger partial charge in [-0.3, -0.25) is 4.79 Å². The maximum absolute atomic E-state index is 12.5. The number of aromatic nitrogens is 1. The van der Waals surface area contributed by atoms with E-state index in [2.05, 4.69) is 15.6 Å². The van der Waals surface area contributed by atoms with Crippen LogP contribution in [0.15, 0.2) is 42.6 Å². The van der Waals surface area contributed by atoms with Gasteiger partial charge in [0.05, 0.1) is 17.9 Å². The summed E-state index contributed by atoms with van der Waals surface area (Å²) >= 11 is 0. The first-order valence-electron chi connectivity index (χ1n) is 8.12. The van der Waals surface area contributed by atoms with Crippen LogP contribution in [-0.2, 0) is 4.74 Å². The Morgan fingerprint density at radius 2 is 1.88 bits per heavy atom. The Morgan fingerprint density at radius 1 is 1.16 bits per heavy atom. The van der Waals surface area contributed by atoms with E-state index in [0.29, 0.717) is 22.6 Å². The third-order valence-electron chi connectivity index (χ3n) is 3.20. The number of amides is 1. The molecule has 0 saturated carbocycles. The molecule has 0 unspecified atom stereocenters. The maximum Gasteiger partial charge on any atom is 0.340 e. The van der Waals surface area contributed by atoms with Crippen molar-refractivity contribution in [3.63, 3.8) is 0 Å². The van der Waals surface area contributed by atoms with Gasteiger partial charge in [0.1, 0.15) is 5.82 Å². The molecule has 0 bridgehead atoms. The number of hydrogen-bond donors (Lipinski definition) is 2. The van der Waals surface area contributed by atoms with Gasteiger partial charge in [0.25, 0.3) is 5.91 Å². The number of nitrogens with zero attached hydrogens (tertiary/aromatic N) is 1. The molecule has 132 valence electrons. The smallest absolute Gasteiger partial charge is 0.340 e. The van der Waals surface area contributed by atoms with Gasteiger partial charge < -0.3 is 15.4 Å². The zero-order chi connectivity index (χ0) is 18.4. The molecule has 0 spiro atoms. The van der Waals surface area contributed by atoms with Crippen LogP contribution < -0.4 is 10.6 Å². The summed E-state index contributed by atoms with van der Waals surface area (Å²) in [5.41, 5.74) is 1.01. The van der Waals surface area contributed by atoms with E-state index in [-0.39, 0.29) is 18.1 Å². The van der Waals surface area contributed by atoms with Gasteiger partial charge >= 0.3 is 5.97 Å². The molecule has 2 N–H and O–H groups in total. The number of hydrogen-bond acceptors (Lipinski definition) is 5. The zero-order valence-electron chi connectivity index (χ0n) is 14.9. The summed E-state index contributed by atoms with van der Waals surface area (Å²) in [6.07, 6.45) is 1.57. The van der Waals surface area contributed by atoms with Crippen molar-refractivity contribution in [2.24, 2.45) is 0 Å². The average molecular weight is 341 g/mol. The summed E-state index contributed by atoms with van der Waals surface area (Å²) in [7, 11) is 0. The van der Waals surface area contributed by atoms with E-state index in [1.807, 2.05) is 20.8 Å². The molecule has 1 amide bonds. The summed E-state index contributed by atoms with van der Waals surface area (Å²) in [5, 5.41) is 5.98. The molecule has 0 saturated heterocycles. The van der Waals surface area contributed by atoms with Gasteiger partial charge in [-0.2, -0.15) is 0 Å². The molecular formula is C19H23N3O3. The minimum Gasteiger partial charge on any atom is -0.462 e. The van der Waals surface area contributed by atoms with Crippen LogP contribution in [0.4, 0.5) is 11.5 Å². The van der Waals surface area contributed by atoms with E-state index >= 15 is 0 Å². The molecule has 1 aromatic heterocycles. The fraction of sp³-hybridized carbons (Fsp3) is 0.316. The highest BCUT2D eigenvalue weighted by molar-refractivity contribution is 6.08. The summed E-state index contributed by atoms with van der Waals surface area (Å²) in [5.74, 6) is -0.182. The zero-order valence-corrected chi connectivity index (χ0v) is 14.9. The third kappa shape index (κ3) is 5.31. The molecule has 2 aromatic rings. The second kappa shape index (κ2) is 7.79. The van der Waals surface area contributed by atoms with Crippen molar-refractivity contribution in [3.8, 4) is 0 Å². The molecule has 6 nitrogen and oxygen atoms in total. The molecule has 0 atom stereocenters. The summed E-state index contributed by atoms with van der Waals surface area (Å²) in [6, 6.07) is 10.0. The van der Waals surface area contributed by atoms with Gasteiger partial charge in [0.15, 0.2) is 0 Å². The fourth-order valence-corrected chi connectivity index (χ4v) is 2.20. The van der Waals surface area contributed by atoms with Crippen LogP contribution in [-0.4, -0.2) is 29.0 Å². The van der Waals surface area contributed by atoms with E-state index in [1.54, 1.807) is 49.5 Å². The molecule has 0 aliphatic rings. The Kier molecular flexibility index (Phi) is 5.75. The Morgan fingerprint density at radius 3 is 2.56 bits per heavy atom. The topological polar surface area (TPSA) is 80.3 Å². The molecular weight excluding hydrogens is 318 g/mol. The van der Waals surface area contributed by atoms with Crippen molar-refractivity contribution >= 4 is 23.4 Å². The van der Waals surface area contributed by atoms with Crippen molar-refractivity contribution in [1.29, 1.82) is 0 Å². The quantitative estimate of drug-likeness (QED) is 0.810. The monoisotopic (exact) mass is 341 g/mol. The Hall–Kier alpha value is -2.89. The molecule has 6 heteroatoms. The third-order valence-corrected chi connectivity index (χ3v) is 3.20. The normalized spacial score (nSPS) is 10.9. The lowest BCUT2D eigenvalue weighted by Gasteiger charge is -2.21. The summed E-state index contributed by atoms with van der Waals surface area (Å²) < 4.78 is 5.02. The first-order valence-corrected chi connectivity index (χ1v) is 8.12. The second-order valence-corrected chi connectivity index (χ2v) is 6.52. The van der Waals surface area contributed by atoms with E-state index in [1.165, 1.54) is 0 Å². The van der Waals surface area contributed by atoms with Crippen molar-refractivity contribution in [2.75, 3.05) is 17.2 Å². The van der Waals surface area contributed by atoms with E-state index in [4.69, 9.17) is 4.74 Å². The Balaban J connectivity index is 2.21. The predicted octanol–water partition coefficient (Wildman–Crippen LogP) is 3.72. The van der Waals surface area contributed by atoms with Crippen LogP contribution in [0.2, 0.25) is 0 Å². The number of para-hydroxylation sites is 1. The lowest BCUT2D eigenvalue weighted by Crippen LogP contribution is -2.27. The summed E-state index contributed by atoms with van der Waals surface area (Å²) in [6.45, 7) is 8.04. The number of carbonyl (C=O) groups excluding carboxylic acids is 2. The Bertz CT molecular complexity index is 767. The molecule has 0 aliphatic carbocycles. The molecule has 0 radical (unpaired) electrons. The van der Waals surface area contributed by atoms with E-state index < -0.39 is 5.97 Å². The predicted molar refractivity (Wildman–Crippen MR) is 98.0 cm³/mol. The van der Waals surface area contributed by atoms with Gasteiger partial charge in [0.2, 0.25) is 0 Å². The standard InChI is InChI=1S/C19H23N3O3/c1-5-25-18(24)14-8-6-7-9-15(14)21-17(23)13-10-11-20-16(12-13)22-19(2,3)4/h6-12H,5H2,1-4H3,(H,20,22)(H,21,23). The van der Waals surface area contributed by atoms with Crippen molar-refractivity contribution in [3.05, 3.63) is 53.7 Å². The van der Waals surface area contributed by atoms with Crippen LogP contribution in [0.3, 0.4) is 0 Å². The van der Waals surface area contributed by atoms with Gasteiger partial charge in [-0.05, 0) is 52.0 Å². The van der Waals surface area contributed by atoms with Crippen molar-refractivity contribution in [1.82, 2.24) is 4.98 Å². The number of benzene rings is 1. The largest absolute Gasteiger partial charge is 0.462 e. The first-order chi connectivity index (χ1) is 11.8. The fourth-order valence-electron chi connectivity index (χ4n) is 2.20. The number of anilines is 2. The number of pyridine rings is 1. The van der Waals surface area contributed by atoms with Gasteiger partial charge in [-0.25, -0.2) is 9.78 Å².